The van der Waals surface area contributed by atoms with Crippen LogP contribution in [0.5, 0.6) is 0 Å². The molecule has 0 unspecified atom stereocenters. The molecule has 0 amide bonds. The summed E-state index contributed by atoms with van der Waals surface area (Å²) in [6.45, 7) is 17.0. The van der Waals surface area contributed by atoms with Crippen LogP contribution >= 0.6 is 11.3 Å². The number of benzene rings is 2. The lowest BCUT2D eigenvalue weighted by molar-refractivity contribution is 0.232. The van der Waals surface area contributed by atoms with Crippen molar-refractivity contribution in [3.05, 3.63) is 108 Å². The molecular weight excluding hydrogens is 551 g/mol. The zero-order chi connectivity index (χ0) is 29.8. The van der Waals surface area contributed by atoms with E-state index in [1.54, 1.807) is 11.3 Å². The van der Waals surface area contributed by atoms with Crippen LogP contribution in [-0.4, -0.2) is 45.4 Å². The predicted octanol–water partition coefficient (Wildman–Crippen LogP) is 7.95. The number of aryl methyl sites for hydroxylation is 2. The summed E-state index contributed by atoms with van der Waals surface area (Å²) >= 11 is 1.58. The second-order valence-electron chi connectivity index (χ2n) is 11.2. The number of para-hydroxylation sites is 1. The van der Waals surface area contributed by atoms with Gasteiger partial charge in [0.25, 0.3) is 0 Å². The van der Waals surface area contributed by atoms with Gasteiger partial charge in [-0.3, -0.25) is 4.40 Å². The summed E-state index contributed by atoms with van der Waals surface area (Å²) in [5.74, 6) is 0. The number of fused-ring (bicyclic) bond motifs is 1. The lowest BCUT2D eigenvalue weighted by atomic mass is 10.1. The number of hydrogen-bond donors (Lipinski definition) is 3. The summed E-state index contributed by atoms with van der Waals surface area (Å²) in [6, 6.07) is 20.6. The highest BCUT2D eigenvalue weighted by Gasteiger charge is 2.16. The second kappa shape index (κ2) is 12.9. The summed E-state index contributed by atoms with van der Waals surface area (Å²) in [5, 5.41) is 13.3. The number of anilines is 3. The van der Waals surface area contributed by atoms with E-state index in [2.05, 4.69) is 105 Å². The molecule has 1 aliphatic heterocycles. The van der Waals surface area contributed by atoms with Gasteiger partial charge in [-0.15, -0.1) is 11.3 Å². The van der Waals surface area contributed by atoms with Crippen LogP contribution in [0.3, 0.4) is 0 Å². The molecule has 0 saturated carbocycles. The molecule has 0 bridgehead atoms. The molecule has 1 saturated heterocycles. The van der Waals surface area contributed by atoms with Gasteiger partial charge in [-0.1, -0.05) is 49.9 Å². The standard InChI is InChI=1S/C35H39N7S/c1-24-10-6-7-11-31(24)37-26(3)28-12-15-30(16-13-28)39-35-40-32(23-43-35)34-27(4)38-33-17-14-29(22-42(33)34)25(2)36-18-21-41-19-8-5-9-20-41/h6-7,10-17,22-23,36-37H,2-3,5,8-9,18-21H2,1,4H3,(H,39,40). The average Bonchev–Trinajstić information content (AvgIpc) is 3.61. The largest absolute Gasteiger partial charge is 0.384 e. The van der Waals surface area contributed by atoms with Gasteiger partial charge in [0, 0.05) is 53.0 Å². The normalized spacial score (nSPS) is 13.6. The van der Waals surface area contributed by atoms with Gasteiger partial charge >= 0.3 is 0 Å². The van der Waals surface area contributed by atoms with E-state index in [1.165, 1.54) is 37.9 Å². The van der Waals surface area contributed by atoms with Crippen LogP contribution in [0.25, 0.3) is 28.4 Å². The Morgan fingerprint density at radius 3 is 2.44 bits per heavy atom. The minimum Gasteiger partial charge on any atom is -0.384 e. The topological polar surface area (TPSA) is 69.5 Å². The Morgan fingerprint density at radius 2 is 1.65 bits per heavy atom. The Balaban J connectivity index is 1.12. The van der Waals surface area contributed by atoms with Gasteiger partial charge < -0.3 is 20.9 Å². The Hall–Kier alpha value is -4.40. The number of piperidine rings is 1. The number of pyridine rings is 1. The van der Waals surface area contributed by atoms with Crippen LogP contribution in [0.15, 0.2) is 85.4 Å². The maximum atomic E-state index is 4.93. The molecule has 43 heavy (non-hydrogen) atoms. The molecule has 3 aromatic heterocycles. The summed E-state index contributed by atoms with van der Waals surface area (Å²) < 4.78 is 2.13. The van der Waals surface area contributed by atoms with Crippen molar-refractivity contribution in [2.45, 2.75) is 33.1 Å². The van der Waals surface area contributed by atoms with Crippen molar-refractivity contribution >= 4 is 44.9 Å². The van der Waals surface area contributed by atoms with Crippen LogP contribution in [0, 0.1) is 13.8 Å². The van der Waals surface area contributed by atoms with Crippen molar-refractivity contribution in [1.82, 2.24) is 24.6 Å². The molecule has 2 aromatic carbocycles. The van der Waals surface area contributed by atoms with Crippen LogP contribution in [-0.2, 0) is 0 Å². The van der Waals surface area contributed by atoms with Crippen molar-refractivity contribution in [2.75, 3.05) is 36.8 Å². The Bertz CT molecular complexity index is 1740. The van der Waals surface area contributed by atoms with Crippen LogP contribution in [0.2, 0.25) is 0 Å². The number of imidazole rings is 1. The molecule has 7 nitrogen and oxygen atoms in total. The first-order valence-electron chi connectivity index (χ1n) is 14.9. The summed E-state index contributed by atoms with van der Waals surface area (Å²) in [6.07, 6.45) is 6.09. The highest BCUT2D eigenvalue weighted by molar-refractivity contribution is 7.14. The van der Waals surface area contributed by atoms with Crippen LogP contribution < -0.4 is 16.0 Å². The van der Waals surface area contributed by atoms with Gasteiger partial charge in [0.1, 0.15) is 11.3 Å². The fraction of sp³-hybridized carbons (Fsp3) is 0.257. The number of likely N-dealkylation sites (tertiary alicyclic amines) is 1. The summed E-state index contributed by atoms with van der Waals surface area (Å²) in [4.78, 5) is 12.3. The first-order valence-corrected chi connectivity index (χ1v) is 15.8. The van der Waals surface area contributed by atoms with Gasteiger partial charge in [0.15, 0.2) is 5.13 Å². The van der Waals surface area contributed by atoms with Crippen molar-refractivity contribution in [3.8, 4) is 11.4 Å². The number of thiazole rings is 1. The highest BCUT2D eigenvalue weighted by Crippen LogP contribution is 2.31. The van der Waals surface area contributed by atoms with Crippen molar-refractivity contribution in [2.24, 2.45) is 0 Å². The second-order valence-corrected chi connectivity index (χ2v) is 12.0. The maximum Gasteiger partial charge on any atom is 0.187 e. The first-order chi connectivity index (χ1) is 20.9. The fourth-order valence-electron chi connectivity index (χ4n) is 5.57. The van der Waals surface area contributed by atoms with E-state index < -0.39 is 0 Å². The summed E-state index contributed by atoms with van der Waals surface area (Å²) in [5.41, 5.74) is 10.8. The summed E-state index contributed by atoms with van der Waals surface area (Å²) in [7, 11) is 0. The minimum atomic E-state index is 0.828. The molecule has 5 aromatic rings. The van der Waals surface area contributed by atoms with E-state index in [0.29, 0.717) is 0 Å². The number of aromatic nitrogens is 3. The molecule has 220 valence electrons. The van der Waals surface area contributed by atoms with E-state index in [-0.39, 0.29) is 0 Å². The van der Waals surface area contributed by atoms with E-state index in [4.69, 9.17) is 9.97 Å². The third kappa shape index (κ3) is 6.66. The number of nitrogens with zero attached hydrogens (tertiary/aromatic N) is 4. The zero-order valence-electron chi connectivity index (χ0n) is 25.0. The van der Waals surface area contributed by atoms with Gasteiger partial charge in [0.05, 0.1) is 11.4 Å². The zero-order valence-corrected chi connectivity index (χ0v) is 25.8. The van der Waals surface area contributed by atoms with Crippen molar-refractivity contribution in [1.29, 1.82) is 0 Å². The number of rotatable bonds is 11. The molecule has 0 spiro atoms. The van der Waals surface area contributed by atoms with Gasteiger partial charge in [-0.2, -0.15) is 0 Å². The Labute approximate surface area is 258 Å². The Morgan fingerprint density at radius 1 is 0.884 bits per heavy atom. The molecule has 3 N–H and O–H groups in total. The first kappa shape index (κ1) is 28.7. The quantitative estimate of drug-likeness (QED) is 0.145. The SMILES string of the molecule is C=C(NCCN1CCCCC1)c1ccc2nc(C)c(-c3csc(Nc4ccc(C(=C)Nc5ccccc5C)cc4)n3)n2c1. The molecule has 4 heterocycles. The van der Waals surface area contributed by atoms with Crippen LogP contribution in [0.4, 0.5) is 16.5 Å². The third-order valence-corrected chi connectivity index (χ3v) is 8.78. The monoisotopic (exact) mass is 589 g/mol. The van der Waals surface area contributed by atoms with Gasteiger partial charge in [-0.05, 0) is 81.2 Å². The average molecular weight is 590 g/mol. The molecular formula is C35H39N7S. The lowest BCUT2D eigenvalue weighted by Crippen LogP contribution is -2.35. The van der Waals surface area contributed by atoms with Crippen molar-refractivity contribution in [3.63, 3.8) is 0 Å². The fourth-order valence-corrected chi connectivity index (χ4v) is 6.28. The molecule has 0 aliphatic carbocycles. The number of nitrogens with one attached hydrogen (secondary N) is 3. The smallest absolute Gasteiger partial charge is 0.187 e. The molecule has 0 atom stereocenters. The Kier molecular flexibility index (Phi) is 8.58. The van der Waals surface area contributed by atoms with E-state index in [0.717, 1.165) is 74.8 Å². The lowest BCUT2D eigenvalue weighted by Gasteiger charge is -2.26. The number of hydrogen-bond acceptors (Lipinski definition) is 7. The molecule has 1 fully saturated rings. The minimum absolute atomic E-state index is 0.828. The van der Waals surface area contributed by atoms with E-state index in [1.807, 2.05) is 19.1 Å². The van der Waals surface area contributed by atoms with Crippen molar-refractivity contribution < 1.29 is 0 Å². The van der Waals surface area contributed by atoms with E-state index >= 15 is 0 Å². The molecule has 8 heteroatoms. The molecule has 6 rings (SSSR count). The predicted molar refractivity (Wildman–Crippen MR) is 182 cm³/mol. The van der Waals surface area contributed by atoms with Crippen LogP contribution in [0.1, 0.15) is 41.6 Å². The van der Waals surface area contributed by atoms with Gasteiger partial charge in [-0.25, -0.2) is 9.97 Å². The van der Waals surface area contributed by atoms with E-state index in [9.17, 15) is 0 Å². The highest BCUT2D eigenvalue weighted by atomic mass is 32.1. The third-order valence-electron chi connectivity index (χ3n) is 8.02. The van der Waals surface area contributed by atoms with Gasteiger partial charge in [0.2, 0.25) is 0 Å². The maximum absolute atomic E-state index is 4.93. The molecule has 1 aliphatic rings. The molecule has 0 radical (unpaired) electrons.